The Balaban J connectivity index is 1.82. The fourth-order valence-electron chi connectivity index (χ4n) is 4.18. The molecule has 1 aromatic heterocycles. The van der Waals surface area contributed by atoms with Crippen LogP contribution in [0.4, 0.5) is 5.69 Å². The molecule has 3 heteroatoms. The summed E-state index contributed by atoms with van der Waals surface area (Å²) in [6.45, 7) is 8.74. The number of rotatable bonds is 2. The van der Waals surface area contributed by atoms with Gasteiger partial charge in [-0.3, -0.25) is 0 Å². The molecule has 29 heavy (non-hydrogen) atoms. The minimum Gasteiger partial charge on any atom is -0.348 e. The molecule has 0 N–H and O–H groups in total. The van der Waals surface area contributed by atoms with Gasteiger partial charge in [-0.05, 0) is 17.7 Å². The summed E-state index contributed by atoms with van der Waals surface area (Å²) in [6.07, 6.45) is 0. The van der Waals surface area contributed by atoms with E-state index in [1.165, 1.54) is 5.56 Å². The van der Waals surface area contributed by atoms with Crippen LogP contribution in [0.1, 0.15) is 19.4 Å². The predicted molar refractivity (Wildman–Crippen MR) is 121 cm³/mol. The van der Waals surface area contributed by atoms with Crippen LogP contribution in [0.25, 0.3) is 33.5 Å². The molecule has 4 aromatic rings. The van der Waals surface area contributed by atoms with E-state index in [-0.39, 0.29) is 5.41 Å². The van der Waals surface area contributed by atoms with Crippen molar-refractivity contribution < 1.29 is 0 Å². The zero-order valence-electron chi connectivity index (χ0n) is 17.0. The molecular weight excluding hydrogens is 354 g/mol. The van der Waals surface area contributed by atoms with Gasteiger partial charge in [0.25, 0.3) is 0 Å². The van der Waals surface area contributed by atoms with Crippen molar-refractivity contribution in [1.82, 2.24) is 9.97 Å². The summed E-state index contributed by atoms with van der Waals surface area (Å²) in [5, 5.41) is 0. The molecular formula is C26H23N3. The van der Waals surface area contributed by atoms with Gasteiger partial charge >= 0.3 is 0 Å². The van der Waals surface area contributed by atoms with Crippen LogP contribution in [0.3, 0.4) is 0 Å². The average Bonchev–Trinajstić information content (AvgIpc) is 2.92. The van der Waals surface area contributed by atoms with Crippen molar-refractivity contribution in [3.8, 4) is 22.5 Å². The van der Waals surface area contributed by atoms with Crippen molar-refractivity contribution >= 4 is 16.7 Å². The average molecular weight is 377 g/mol. The largest absolute Gasteiger partial charge is 0.348 e. The number of hydrogen-bond acceptors (Lipinski definition) is 3. The zero-order chi connectivity index (χ0) is 20.2. The van der Waals surface area contributed by atoms with Gasteiger partial charge in [0.1, 0.15) is 0 Å². The standard InChI is InChI=1S/C26H23N3/c1-17-26(2,3)20-15-21-22(16-23(20)29(17)4)28-25(19-13-9-6-10-14-19)24(27-21)18-11-7-5-8-12-18/h5-16H,1H2,2-4H3. The third-order valence-corrected chi connectivity index (χ3v) is 6.04. The molecule has 0 fully saturated rings. The van der Waals surface area contributed by atoms with Crippen molar-refractivity contribution in [2.45, 2.75) is 19.3 Å². The molecule has 0 atom stereocenters. The maximum absolute atomic E-state index is 5.10. The molecule has 0 spiro atoms. The minimum atomic E-state index is -0.120. The first-order chi connectivity index (χ1) is 14.0. The molecule has 0 radical (unpaired) electrons. The number of fused-ring (bicyclic) bond motifs is 2. The second-order valence-corrected chi connectivity index (χ2v) is 8.14. The second kappa shape index (κ2) is 6.28. The zero-order valence-corrected chi connectivity index (χ0v) is 17.0. The molecule has 142 valence electrons. The summed E-state index contributed by atoms with van der Waals surface area (Å²) >= 11 is 0. The molecule has 0 bridgehead atoms. The number of hydrogen-bond donors (Lipinski definition) is 0. The number of anilines is 1. The van der Waals surface area contributed by atoms with E-state index in [1.807, 2.05) is 36.4 Å². The highest BCUT2D eigenvalue weighted by Crippen LogP contribution is 2.47. The van der Waals surface area contributed by atoms with Crippen LogP contribution in [0.15, 0.2) is 85.1 Å². The van der Waals surface area contributed by atoms with Crippen LogP contribution >= 0.6 is 0 Å². The molecule has 0 amide bonds. The van der Waals surface area contributed by atoms with Gasteiger partial charge in [-0.1, -0.05) is 81.1 Å². The molecule has 3 aromatic carbocycles. The van der Waals surface area contributed by atoms with Crippen LogP contribution in [0, 0.1) is 0 Å². The number of aromatic nitrogens is 2. The van der Waals surface area contributed by atoms with Crippen LogP contribution in [-0.2, 0) is 5.41 Å². The maximum atomic E-state index is 5.10. The molecule has 3 nitrogen and oxygen atoms in total. The van der Waals surface area contributed by atoms with Crippen molar-refractivity contribution in [2.75, 3.05) is 11.9 Å². The third-order valence-electron chi connectivity index (χ3n) is 6.04. The van der Waals surface area contributed by atoms with Gasteiger partial charge in [0.15, 0.2) is 0 Å². The normalized spacial score (nSPS) is 15.0. The van der Waals surface area contributed by atoms with E-state index in [0.717, 1.165) is 44.9 Å². The van der Waals surface area contributed by atoms with E-state index in [0.29, 0.717) is 0 Å². The summed E-state index contributed by atoms with van der Waals surface area (Å²) in [6, 6.07) is 24.9. The lowest BCUT2D eigenvalue weighted by Gasteiger charge is -2.22. The highest BCUT2D eigenvalue weighted by Gasteiger charge is 2.37. The monoisotopic (exact) mass is 377 g/mol. The smallest absolute Gasteiger partial charge is 0.0973 e. The summed E-state index contributed by atoms with van der Waals surface area (Å²) in [5.41, 5.74) is 9.15. The number of benzene rings is 3. The van der Waals surface area contributed by atoms with E-state index in [9.17, 15) is 0 Å². The van der Waals surface area contributed by atoms with Crippen LogP contribution < -0.4 is 4.90 Å². The van der Waals surface area contributed by atoms with Crippen LogP contribution in [0.2, 0.25) is 0 Å². The Labute approximate surface area is 171 Å². The van der Waals surface area contributed by atoms with Gasteiger partial charge in [-0.2, -0.15) is 0 Å². The Morgan fingerprint density at radius 2 is 1.24 bits per heavy atom. The molecule has 5 rings (SSSR count). The van der Waals surface area contributed by atoms with Gasteiger partial charge in [0.05, 0.1) is 22.4 Å². The topological polar surface area (TPSA) is 29.0 Å². The summed E-state index contributed by atoms with van der Waals surface area (Å²) < 4.78 is 0. The van der Waals surface area contributed by atoms with Gasteiger partial charge in [-0.15, -0.1) is 0 Å². The van der Waals surface area contributed by atoms with E-state index in [4.69, 9.17) is 9.97 Å². The first-order valence-electron chi connectivity index (χ1n) is 9.87. The van der Waals surface area contributed by atoms with Gasteiger partial charge in [-0.25, -0.2) is 9.97 Å². The minimum absolute atomic E-state index is 0.120. The van der Waals surface area contributed by atoms with Crippen molar-refractivity contribution in [1.29, 1.82) is 0 Å². The molecule has 1 aliphatic heterocycles. The lowest BCUT2D eigenvalue weighted by Crippen LogP contribution is -2.21. The fraction of sp³-hybridized carbons (Fsp3) is 0.154. The first kappa shape index (κ1) is 17.6. The number of likely N-dealkylation sites (N-methyl/N-ethyl adjacent to an activating group) is 1. The van der Waals surface area contributed by atoms with E-state index >= 15 is 0 Å². The van der Waals surface area contributed by atoms with Crippen molar-refractivity contribution in [2.24, 2.45) is 0 Å². The van der Waals surface area contributed by atoms with E-state index in [2.05, 4.69) is 68.8 Å². The quantitative estimate of drug-likeness (QED) is 0.416. The lowest BCUT2D eigenvalue weighted by molar-refractivity contribution is 0.643. The van der Waals surface area contributed by atoms with Crippen LogP contribution in [-0.4, -0.2) is 17.0 Å². The Kier molecular flexibility index (Phi) is 3.82. The lowest BCUT2D eigenvalue weighted by atomic mass is 9.84. The summed E-state index contributed by atoms with van der Waals surface area (Å²) in [7, 11) is 2.08. The fourth-order valence-corrected chi connectivity index (χ4v) is 4.18. The van der Waals surface area contributed by atoms with Crippen LogP contribution in [0.5, 0.6) is 0 Å². The molecule has 1 aliphatic rings. The molecule has 0 aliphatic carbocycles. The van der Waals surface area contributed by atoms with E-state index in [1.54, 1.807) is 0 Å². The number of nitrogens with zero attached hydrogens (tertiary/aromatic N) is 3. The Hall–Kier alpha value is -3.46. The Bertz CT molecular complexity index is 1240. The molecule has 0 saturated carbocycles. The van der Waals surface area contributed by atoms with Crippen molar-refractivity contribution in [3.05, 3.63) is 90.6 Å². The van der Waals surface area contributed by atoms with Crippen molar-refractivity contribution in [3.63, 3.8) is 0 Å². The molecule has 2 heterocycles. The number of allylic oxidation sites excluding steroid dienone is 1. The predicted octanol–water partition coefficient (Wildman–Crippen LogP) is 6.20. The Morgan fingerprint density at radius 3 is 1.76 bits per heavy atom. The van der Waals surface area contributed by atoms with Gasteiger partial charge < -0.3 is 4.90 Å². The van der Waals surface area contributed by atoms with Gasteiger partial charge in [0, 0.05) is 35.0 Å². The SMILES string of the molecule is C=C1N(C)c2cc3nc(-c4ccccc4)c(-c4ccccc4)nc3cc2C1(C)C. The maximum Gasteiger partial charge on any atom is 0.0973 e. The molecule has 0 saturated heterocycles. The van der Waals surface area contributed by atoms with E-state index < -0.39 is 0 Å². The first-order valence-corrected chi connectivity index (χ1v) is 9.87. The Morgan fingerprint density at radius 1 is 0.759 bits per heavy atom. The highest BCUT2D eigenvalue weighted by atomic mass is 15.2. The highest BCUT2D eigenvalue weighted by molar-refractivity contribution is 5.90. The third kappa shape index (κ3) is 2.65. The second-order valence-electron chi connectivity index (χ2n) is 8.14. The molecule has 0 unspecified atom stereocenters. The summed E-state index contributed by atoms with van der Waals surface area (Å²) in [5.74, 6) is 0. The van der Waals surface area contributed by atoms with Gasteiger partial charge in [0.2, 0.25) is 0 Å². The summed E-state index contributed by atoms with van der Waals surface area (Å²) in [4.78, 5) is 12.4.